The first-order chi connectivity index (χ1) is 19.4. The molecule has 1 heterocycles. The predicted octanol–water partition coefficient (Wildman–Crippen LogP) is 6.84. The van der Waals surface area contributed by atoms with Gasteiger partial charge in [0.2, 0.25) is 0 Å². The molecular formula is C34H41N3O4. The molecule has 1 fully saturated rings. The second-order valence-corrected chi connectivity index (χ2v) is 12.4. The van der Waals surface area contributed by atoms with Crippen LogP contribution < -0.4 is 10.6 Å². The molecule has 2 unspecified atom stereocenters. The number of ether oxygens (including phenoxy) is 1. The van der Waals surface area contributed by atoms with Crippen molar-refractivity contribution >= 4 is 23.6 Å². The van der Waals surface area contributed by atoms with Crippen LogP contribution in [0.5, 0.6) is 0 Å². The molecule has 216 valence electrons. The van der Waals surface area contributed by atoms with E-state index in [-0.39, 0.29) is 34.9 Å². The Morgan fingerprint density at radius 3 is 2.22 bits per heavy atom. The van der Waals surface area contributed by atoms with E-state index in [4.69, 9.17) is 4.74 Å². The van der Waals surface area contributed by atoms with Gasteiger partial charge in [0.1, 0.15) is 6.61 Å². The van der Waals surface area contributed by atoms with Crippen molar-refractivity contribution < 1.29 is 19.1 Å². The van der Waals surface area contributed by atoms with Gasteiger partial charge in [-0.3, -0.25) is 14.5 Å². The number of hydrogen-bond acceptors (Lipinski definition) is 4. The molecule has 0 bridgehead atoms. The first kappa shape index (κ1) is 29.8. The summed E-state index contributed by atoms with van der Waals surface area (Å²) in [6, 6.07) is 24.1. The smallest absolute Gasteiger partial charge is 0.410 e. The fourth-order valence-corrected chi connectivity index (χ4v) is 5.43. The van der Waals surface area contributed by atoms with Gasteiger partial charge < -0.3 is 15.4 Å². The molecule has 7 heteroatoms. The number of anilines is 1. The van der Waals surface area contributed by atoms with Crippen molar-refractivity contribution in [1.82, 2.24) is 10.2 Å². The van der Waals surface area contributed by atoms with E-state index in [1.807, 2.05) is 42.5 Å². The topological polar surface area (TPSA) is 87.7 Å². The Hall–Kier alpha value is -4.13. The van der Waals surface area contributed by atoms with E-state index in [9.17, 15) is 14.4 Å². The monoisotopic (exact) mass is 555 g/mol. The molecular weight excluding hydrogens is 514 g/mol. The second-order valence-electron chi connectivity index (χ2n) is 12.4. The highest BCUT2D eigenvalue weighted by molar-refractivity contribution is 6.04. The molecule has 41 heavy (non-hydrogen) atoms. The molecule has 1 saturated heterocycles. The molecule has 3 aromatic carbocycles. The van der Waals surface area contributed by atoms with Crippen LogP contribution in [0, 0.1) is 5.41 Å². The largest absolute Gasteiger partial charge is 0.447 e. The summed E-state index contributed by atoms with van der Waals surface area (Å²) in [5, 5.41) is 6.10. The van der Waals surface area contributed by atoms with Crippen molar-refractivity contribution in [2.45, 2.75) is 72.0 Å². The first-order valence-corrected chi connectivity index (χ1v) is 14.2. The van der Waals surface area contributed by atoms with Crippen LogP contribution in [0.25, 0.3) is 0 Å². The maximum Gasteiger partial charge on any atom is 0.410 e. The molecule has 0 aromatic heterocycles. The number of nitrogens with zero attached hydrogens (tertiary/aromatic N) is 1. The summed E-state index contributed by atoms with van der Waals surface area (Å²) in [5.74, 6) is -0.396. The van der Waals surface area contributed by atoms with Gasteiger partial charge in [0.15, 0.2) is 0 Å². The number of rotatable bonds is 10. The van der Waals surface area contributed by atoms with Crippen LogP contribution in [0.2, 0.25) is 0 Å². The predicted molar refractivity (Wildman–Crippen MR) is 162 cm³/mol. The maximum absolute atomic E-state index is 13.1. The van der Waals surface area contributed by atoms with Gasteiger partial charge in [0.25, 0.3) is 11.8 Å². The van der Waals surface area contributed by atoms with Crippen LogP contribution in [-0.2, 0) is 17.7 Å². The van der Waals surface area contributed by atoms with E-state index in [1.165, 1.54) is 0 Å². The van der Waals surface area contributed by atoms with Gasteiger partial charge in [-0.1, -0.05) is 70.2 Å². The minimum atomic E-state index is -0.345. The van der Waals surface area contributed by atoms with Crippen molar-refractivity contribution in [3.05, 3.63) is 101 Å². The molecule has 0 saturated carbocycles. The second kappa shape index (κ2) is 12.6. The molecule has 3 aromatic rings. The lowest BCUT2D eigenvalue weighted by Gasteiger charge is -2.36. The zero-order chi connectivity index (χ0) is 29.6. The van der Waals surface area contributed by atoms with Gasteiger partial charge in [0, 0.05) is 28.9 Å². The molecule has 7 nitrogen and oxygen atoms in total. The third kappa shape index (κ3) is 8.19. The normalized spacial score (nSPS) is 16.6. The summed E-state index contributed by atoms with van der Waals surface area (Å²) in [6.45, 7) is 11.4. The van der Waals surface area contributed by atoms with E-state index >= 15 is 0 Å². The van der Waals surface area contributed by atoms with E-state index in [0.717, 1.165) is 24.0 Å². The summed E-state index contributed by atoms with van der Waals surface area (Å²) < 4.78 is 5.34. The lowest BCUT2D eigenvalue weighted by atomic mass is 9.79. The molecule has 0 spiro atoms. The van der Waals surface area contributed by atoms with Gasteiger partial charge in [-0.25, -0.2) is 4.79 Å². The van der Waals surface area contributed by atoms with Crippen molar-refractivity contribution in [1.29, 1.82) is 0 Å². The van der Waals surface area contributed by atoms with Crippen LogP contribution in [0.1, 0.15) is 79.3 Å². The Morgan fingerprint density at radius 2 is 1.56 bits per heavy atom. The molecule has 3 amide bonds. The summed E-state index contributed by atoms with van der Waals surface area (Å²) in [4.78, 5) is 40.2. The zero-order valence-electron chi connectivity index (χ0n) is 24.7. The van der Waals surface area contributed by atoms with Gasteiger partial charge in [0.05, 0.1) is 6.04 Å². The average Bonchev–Trinajstić information content (AvgIpc) is 3.27. The van der Waals surface area contributed by atoms with Crippen LogP contribution in [0.4, 0.5) is 10.5 Å². The first-order valence-electron chi connectivity index (χ1n) is 14.2. The lowest BCUT2D eigenvalue weighted by Crippen LogP contribution is -2.47. The Kier molecular flexibility index (Phi) is 9.16. The molecule has 4 rings (SSSR count). The van der Waals surface area contributed by atoms with Crippen LogP contribution in [0.3, 0.4) is 0 Å². The molecule has 1 aliphatic heterocycles. The molecule has 2 N–H and O–H groups in total. The highest BCUT2D eigenvalue weighted by atomic mass is 16.6. The fourth-order valence-electron chi connectivity index (χ4n) is 5.43. The minimum absolute atomic E-state index is 0.0678. The van der Waals surface area contributed by atoms with Crippen molar-refractivity contribution in [3.8, 4) is 0 Å². The van der Waals surface area contributed by atoms with E-state index in [0.29, 0.717) is 36.4 Å². The quantitative estimate of drug-likeness (QED) is 0.287. The molecule has 2 atom stereocenters. The van der Waals surface area contributed by atoms with Crippen molar-refractivity contribution in [3.63, 3.8) is 0 Å². The Morgan fingerprint density at radius 1 is 0.878 bits per heavy atom. The average molecular weight is 556 g/mol. The maximum atomic E-state index is 13.1. The highest BCUT2D eigenvalue weighted by Crippen LogP contribution is 2.29. The number of nitrogens with one attached hydrogen (secondary N) is 2. The highest BCUT2D eigenvalue weighted by Gasteiger charge is 2.33. The number of cyclic esters (lactones) is 1. The summed E-state index contributed by atoms with van der Waals surface area (Å²) >= 11 is 0. The van der Waals surface area contributed by atoms with Crippen molar-refractivity contribution in [2.75, 3.05) is 11.9 Å². The molecule has 0 radical (unpaired) electrons. The van der Waals surface area contributed by atoms with Gasteiger partial charge in [-0.15, -0.1) is 0 Å². The number of carbonyl (C=O) groups is 3. The SMILES string of the molecule is CCC(C)(CC(C)(C)C)NC(=O)c1ccc(NC(=O)c2cccc(CN3C(=O)OCC3Cc3ccccc3)c2)cc1. The third-order valence-electron chi connectivity index (χ3n) is 7.45. The number of amides is 3. The summed E-state index contributed by atoms with van der Waals surface area (Å²) in [5.41, 5.74) is 3.39. The van der Waals surface area contributed by atoms with Crippen LogP contribution in [0.15, 0.2) is 78.9 Å². The Balaban J connectivity index is 1.38. The molecule has 0 aliphatic carbocycles. The summed E-state index contributed by atoms with van der Waals surface area (Å²) in [7, 11) is 0. The standard InChI is InChI=1S/C34H41N3O4/c1-6-34(5,23-33(2,3)4)36-31(39)26-15-17-28(18-16-26)35-30(38)27-14-10-13-25(19-27)21-37-29(22-41-32(37)40)20-24-11-8-7-9-12-24/h7-19,29H,6,20-23H2,1-5H3,(H,35,38)(H,36,39). The van der Waals surface area contributed by atoms with Gasteiger partial charge in [-0.2, -0.15) is 0 Å². The van der Waals surface area contributed by atoms with Crippen LogP contribution >= 0.6 is 0 Å². The lowest BCUT2D eigenvalue weighted by molar-refractivity contribution is 0.0875. The zero-order valence-corrected chi connectivity index (χ0v) is 24.7. The number of carbonyl (C=O) groups excluding carboxylic acids is 3. The Labute approximate surface area is 243 Å². The fraction of sp³-hybridized carbons (Fsp3) is 0.382. The molecule has 1 aliphatic rings. The minimum Gasteiger partial charge on any atom is -0.447 e. The third-order valence-corrected chi connectivity index (χ3v) is 7.45. The van der Waals surface area contributed by atoms with Crippen LogP contribution in [-0.4, -0.2) is 41.0 Å². The Bertz CT molecular complexity index is 1360. The number of hydrogen-bond donors (Lipinski definition) is 2. The van der Waals surface area contributed by atoms with Crippen molar-refractivity contribution in [2.24, 2.45) is 5.41 Å². The van der Waals surface area contributed by atoms with E-state index in [2.05, 4.69) is 45.3 Å². The van der Waals surface area contributed by atoms with E-state index in [1.54, 1.807) is 41.3 Å². The van der Waals surface area contributed by atoms with Gasteiger partial charge >= 0.3 is 6.09 Å². The number of benzene rings is 3. The van der Waals surface area contributed by atoms with Gasteiger partial charge in [-0.05, 0) is 79.1 Å². The van der Waals surface area contributed by atoms with E-state index < -0.39 is 0 Å². The summed E-state index contributed by atoms with van der Waals surface area (Å²) in [6.07, 6.45) is 2.05.